The second-order valence-electron chi connectivity index (χ2n) is 8.34. The molecule has 0 bridgehead atoms. The lowest BCUT2D eigenvalue weighted by molar-refractivity contribution is 0.0955. The van der Waals surface area contributed by atoms with E-state index < -0.39 is 0 Å². The summed E-state index contributed by atoms with van der Waals surface area (Å²) >= 11 is 0. The molecule has 9 heteroatoms. The Hall–Kier alpha value is -3.98. The summed E-state index contributed by atoms with van der Waals surface area (Å²) in [5.74, 6) is 1.41. The summed E-state index contributed by atoms with van der Waals surface area (Å²) in [6.07, 6.45) is 0.845. The quantitative estimate of drug-likeness (QED) is 0.398. The number of ketones is 1. The lowest BCUT2D eigenvalue weighted by atomic mass is 9.83. The Bertz CT molecular complexity index is 1380. The van der Waals surface area contributed by atoms with E-state index in [4.69, 9.17) is 24.0 Å². The molecule has 0 amide bonds. The fourth-order valence-electron chi connectivity index (χ4n) is 4.73. The summed E-state index contributed by atoms with van der Waals surface area (Å²) < 4.78 is 23.7. The van der Waals surface area contributed by atoms with Gasteiger partial charge in [0.25, 0.3) is 0 Å². The Morgan fingerprint density at radius 2 is 1.66 bits per heavy atom. The van der Waals surface area contributed by atoms with Crippen LogP contribution in [0.15, 0.2) is 42.5 Å². The molecule has 5 rings (SSSR count). The Balaban J connectivity index is 1.65. The zero-order chi connectivity index (χ0) is 24.5. The van der Waals surface area contributed by atoms with E-state index in [1.54, 1.807) is 33.0 Å². The number of ether oxygens (including phenoxy) is 4. The minimum Gasteiger partial charge on any atom is -0.493 e. The lowest BCUT2D eigenvalue weighted by Gasteiger charge is -2.24. The molecule has 0 aliphatic heterocycles. The van der Waals surface area contributed by atoms with Crippen LogP contribution in [0.4, 0.5) is 0 Å². The van der Waals surface area contributed by atoms with Crippen LogP contribution in [0.1, 0.15) is 39.8 Å². The second-order valence-corrected chi connectivity index (χ2v) is 8.34. The second kappa shape index (κ2) is 9.34. The molecule has 1 atom stereocenters. The van der Waals surface area contributed by atoms with Crippen LogP contribution in [0, 0.1) is 0 Å². The first kappa shape index (κ1) is 22.8. The van der Waals surface area contributed by atoms with Gasteiger partial charge in [0.2, 0.25) is 5.75 Å². The van der Waals surface area contributed by atoms with Gasteiger partial charge < -0.3 is 18.9 Å². The van der Waals surface area contributed by atoms with Crippen molar-refractivity contribution in [2.24, 2.45) is 0 Å². The normalized spacial score (nSPS) is 15.2. The average molecular weight is 475 g/mol. The van der Waals surface area contributed by atoms with Gasteiger partial charge in [0, 0.05) is 13.5 Å². The van der Waals surface area contributed by atoms with Crippen LogP contribution in [0.2, 0.25) is 0 Å². The topological polar surface area (TPSA) is 97.1 Å². The standard InChI is InChI=1S/C26H26N4O5/c1-32-14-18-23(15-8-6-5-7-9-15)26-28-27-24-19(30(26)29-18)10-16(11-20(24)31)17-12-21(33-2)25(35-4)22(13-17)34-3/h5-9,12-13,16H,10-11,14H2,1-4H3/t16-/m1/s1. The van der Waals surface area contributed by atoms with Crippen LogP contribution in [0.5, 0.6) is 17.2 Å². The maximum Gasteiger partial charge on any atom is 0.203 e. The number of methoxy groups -OCH3 is 4. The predicted octanol–water partition coefficient (Wildman–Crippen LogP) is 3.88. The molecule has 9 nitrogen and oxygen atoms in total. The smallest absolute Gasteiger partial charge is 0.203 e. The first-order valence-electron chi connectivity index (χ1n) is 11.2. The Morgan fingerprint density at radius 3 is 2.29 bits per heavy atom. The molecule has 4 aromatic rings. The van der Waals surface area contributed by atoms with Crippen LogP contribution in [-0.2, 0) is 17.8 Å². The van der Waals surface area contributed by atoms with Crippen molar-refractivity contribution in [1.82, 2.24) is 19.8 Å². The fraction of sp³-hybridized carbons (Fsp3) is 0.308. The fourth-order valence-corrected chi connectivity index (χ4v) is 4.73. The number of rotatable bonds is 7. The van der Waals surface area contributed by atoms with Gasteiger partial charge in [-0.1, -0.05) is 30.3 Å². The lowest BCUT2D eigenvalue weighted by Crippen LogP contribution is -2.24. The third kappa shape index (κ3) is 3.87. The highest BCUT2D eigenvalue weighted by Gasteiger charge is 2.33. The van der Waals surface area contributed by atoms with Gasteiger partial charge >= 0.3 is 0 Å². The summed E-state index contributed by atoms with van der Waals surface area (Å²) in [5, 5.41) is 13.6. The molecule has 0 spiro atoms. The average Bonchev–Trinajstić information content (AvgIpc) is 3.26. The van der Waals surface area contributed by atoms with E-state index in [-0.39, 0.29) is 11.7 Å². The van der Waals surface area contributed by atoms with Gasteiger partial charge in [0.1, 0.15) is 0 Å². The first-order valence-corrected chi connectivity index (χ1v) is 11.2. The van der Waals surface area contributed by atoms with Gasteiger partial charge in [-0.2, -0.15) is 5.10 Å². The highest BCUT2D eigenvalue weighted by atomic mass is 16.5. The molecule has 0 fully saturated rings. The van der Waals surface area contributed by atoms with Crippen LogP contribution in [0.25, 0.3) is 16.8 Å². The zero-order valence-electron chi connectivity index (χ0n) is 20.1. The highest BCUT2D eigenvalue weighted by Crippen LogP contribution is 2.43. The van der Waals surface area contributed by atoms with E-state index in [1.165, 1.54) is 0 Å². The number of benzene rings is 2. The predicted molar refractivity (Wildman–Crippen MR) is 128 cm³/mol. The van der Waals surface area contributed by atoms with Gasteiger partial charge in [-0.3, -0.25) is 4.79 Å². The van der Waals surface area contributed by atoms with E-state index in [2.05, 4.69) is 10.2 Å². The highest BCUT2D eigenvalue weighted by molar-refractivity contribution is 5.97. The van der Waals surface area contributed by atoms with E-state index in [1.807, 2.05) is 42.5 Å². The summed E-state index contributed by atoms with van der Waals surface area (Å²) in [7, 11) is 6.35. The van der Waals surface area contributed by atoms with Gasteiger partial charge in [-0.05, 0) is 35.6 Å². The number of nitrogens with zero attached hydrogens (tertiary/aromatic N) is 4. The van der Waals surface area contributed by atoms with E-state index in [0.717, 1.165) is 28.1 Å². The summed E-state index contributed by atoms with van der Waals surface area (Å²) in [6.45, 7) is 0.312. The minimum atomic E-state index is -0.119. The molecule has 1 aliphatic rings. The molecule has 0 saturated heterocycles. The number of carbonyl (C=O) groups excluding carboxylic acids is 1. The van der Waals surface area contributed by atoms with Crippen LogP contribution < -0.4 is 14.2 Å². The first-order chi connectivity index (χ1) is 17.1. The number of hydrogen-bond acceptors (Lipinski definition) is 8. The van der Waals surface area contributed by atoms with Crippen molar-refractivity contribution in [2.45, 2.75) is 25.4 Å². The van der Waals surface area contributed by atoms with Gasteiger partial charge in [0.15, 0.2) is 28.6 Å². The van der Waals surface area contributed by atoms with Crippen molar-refractivity contribution in [3.8, 4) is 28.4 Å². The van der Waals surface area contributed by atoms with Crippen molar-refractivity contribution < 1.29 is 23.7 Å². The minimum absolute atomic E-state index is 0.0792. The van der Waals surface area contributed by atoms with Gasteiger partial charge in [0.05, 0.1) is 44.9 Å². The molecule has 2 aromatic heterocycles. The monoisotopic (exact) mass is 474 g/mol. The molecular formula is C26H26N4O5. The molecular weight excluding hydrogens is 448 g/mol. The Morgan fingerprint density at radius 1 is 0.943 bits per heavy atom. The molecule has 1 aliphatic carbocycles. The number of hydrogen-bond donors (Lipinski definition) is 0. The summed E-state index contributed by atoms with van der Waals surface area (Å²) in [4.78, 5) is 13.2. The molecule has 0 unspecified atom stereocenters. The maximum atomic E-state index is 13.2. The molecule has 0 N–H and O–H groups in total. The van der Waals surface area contributed by atoms with Gasteiger partial charge in [-0.15, -0.1) is 10.2 Å². The van der Waals surface area contributed by atoms with Crippen LogP contribution in [0.3, 0.4) is 0 Å². The molecule has 2 aromatic carbocycles. The third-order valence-corrected chi connectivity index (χ3v) is 6.34. The molecule has 2 heterocycles. The van der Waals surface area contributed by atoms with E-state index in [9.17, 15) is 4.79 Å². The van der Waals surface area contributed by atoms with E-state index >= 15 is 0 Å². The third-order valence-electron chi connectivity index (χ3n) is 6.34. The van der Waals surface area contributed by atoms with Crippen LogP contribution >= 0.6 is 0 Å². The summed E-state index contributed by atoms with van der Waals surface area (Å²) in [5.41, 5.74) is 5.15. The molecule has 0 radical (unpaired) electrons. The number of aromatic nitrogens is 4. The van der Waals surface area contributed by atoms with Crippen molar-refractivity contribution in [2.75, 3.05) is 28.4 Å². The number of carbonyl (C=O) groups is 1. The van der Waals surface area contributed by atoms with Crippen LogP contribution in [-0.4, -0.2) is 54.0 Å². The summed E-state index contributed by atoms with van der Waals surface area (Å²) in [6, 6.07) is 13.7. The van der Waals surface area contributed by atoms with Crippen molar-refractivity contribution >= 4 is 11.4 Å². The number of Topliss-reactive ketones (excluding diaryl/α,β-unsaturated/α-hetero) is 1. The Kier molecular flexibility index (Phi) is 6.08. The largest absolute Gasteiger partial charge is 0.493 e. The number of fused-ring (bicyclic) bond motifs is 3. The SMILES string of the molecule is COCc1nn2c3c(nnc2c1-c1ccccc1)C(=O)C[C@H](c1cc(OC)c(OC)c(OC)c1)C3. The van der Waals surface area contributed by atoms with Crippen molar-refractivity contribution in [1.29, 1.82) is 0 Å². The molecule has 0 saturated carbocycles. The zero-order valence-corrected chi connectivity index (χ0v) is 20.1. The van der Waals surface area contributed by atoms with E-state index in [0.29, 0.717) is 48.0 Å². The maximum absolute atomic E-state index is 13.2. The van der Waals surface area contributed by atoms with Crippen molar-refractivity contribution in [3.05, 3.63) is 65.1 Å². The molecule has 180 valence electrons. The van der Waals surface area contributed by atoms with Gasteiger partial charge in [-0.25, -0.2) is 4.52 Å². The Labute approximate surface area is 202 Å². The van der Waals surface area contributed by atoms with Crippen molar-refractivity contribution in [3.63, 3.8) is 0 Å². The molecule has 35 heavy (non-hydrogen) atoms.